The van der Waals surface area contributed by atoms with Crippen molar-refractivity contribution in [3.8, 4) is 0 Å². The van der Waals surface area contributed by atoms with Gasteiger partial charge in [-0.05, 0) is 19.4 Å². The Bertz CT molecular complexity index is 672. The molecule has 0 fully saturated rings. The molecule has 0 aromatic carbocycles. The lowest BCUT2D eigenvalue weighted by atomic mass is 10.1. The first-order valence-corrected chi connectivity index (χ1v) is 6.41. The van der Waals surface area contributed by atoms with Crippen molar-refractivity contribution in [1.29, 1.82) is 0 Å². The van der Waals surface area contributed by atoms with Crippen LogP contribution in [0.25, 0.3) is 0 Å². The van der Waals surface area contributed by atoms with Gasteiger partial charge in [0.1, 0.15) is 5.76 Å². The van der Waals surface area contributed by atoms with Crippen molar-refractivity contribution in [2.24, 2.45) is 7.05 Å². The molecule has 20 heavy (non-hydrogen) atoms. The van der Waals surface area contributed by atoms with Gasteiger partial charge in [0.25, 0.3) is 5.91 Å². The van der Waals surface area contributed by atoms with Crippen LogP contribution in [0.15, 0.2) is 33.6 Å². The molecule has 6 heteroatoms. The summed E-state index contributed by atoms with van der Waals surface area (Å²) in [6, 6.07) is 4.20. The van der Waals surface area contributed by atoms with Crippen LogP contribution in [-0.4, -0.2) is 15.7 Å². The van der Waals surface area contributed by atoms with Gasteiger partial charge in [-0.3, -0.25) is 14.3 Å². The van der Waals surface area contributed by atoms with Gasteiger partial charge < -0.3 is 9.73 Å². The number of carbonyl (C=O) groups is 1. The summed E-state index contributed by atoms with van der Waals surface area (Å²) in [7, 11) is 1.82. The Morgan fingerprint density at radius 1 is 1.50 bits per heavy atom. The van der Waals surface area contributed by atoms with E-state index in [2.05, 4.69) is 10.4 Å². The summed E-state index contributed by atoms with van der Waals surface area (Å²) in [4.78, 5) is 23.6. The summed E-state index contributed by atoms with van der Waals surface area (Å²) < 4.78 is 6.99. The molecule has 1 atom stereocenters. The lowest BCUT2D eigenvalue weighted by molar-refractivity contribution is 0.0901. The molecule has 0 aliphatic heterocycles. The van der Waals surface area contributed by atoms with E-state index in [1.165, 1.54) is 12.1 Å². The molecule has 0 saturated heterocycles. The summed E-state index contributed by atoms with van der Waals surface area (Å²) in [5.74, 6) is 0.0331. The number of carbonyl (C=O) groups excluding carboxylic acids is 1. The van der Waals surface area contributed by atoms with Crippen molar-refractivity contribution in [1.82, 2.24) is 15.1 Å². The number of nitrogens with zero attached hydrogens (tertiary/aromatic N) is 2. The third kappa shape index (κ3) is 2.96. The second-order valence-electron chi connectivity index (χ2n) is 4.58. The third-order valence-electron chi connectivity index (χ3n) is 3.04. The van der Waals surface area contributed by atoms with Crippen LogP contribution >= 0.6 is 0 Å². The molecule has 1 amide bonds. The number of amides is 1. The molecule has 2 aromatic heterocycles. The van der Waals surface area contributed by atoms with Gasteiger partial charge in [-0.25, -0.2) is 0 Å². The zero-order valence-corrected chi connectivity index (χ0v) is 11.7. The van der Waals surface area contributed by atoms with Gasteiger partial charge in [-0.1, -0.05) is 6.92 Å². The normalized spacial score (nSPS) is 12.2. The van der Waals surface area contributed by atoms with Crippen LogP contribution in [0.4, 0.5) is 0 Å². The van der Waals surface area contributed by atoms with Crippen LogP contribution < -0.4 is 10.7 Å². The van der Waals surface area contributed by atoms with Gasteiger partial charge in [-0.2, -0.15) is 5.10 Å². The molecule has 0 radical (unpaired) electrons. The van der Waals surface area contributed by atoms with E-state index < -0.39 is 5.91 Å². The minimum Gasteiger partial charge on any atom is -0.456 e. The molecule has 0 bridgehead atoms. The van der Waals surface area contributed by atoms with Gasteiger partial charge in [0.15, 0.2) is 11.2 Å². The quantitative estimate of drug-likeness (QED) is 0.918. The van der Waals surface area contributed by atoms with Crippen LogP contribution in [0, 0.1) is 6.92 Å². The molecule has 0 aliphatic rings. The molecule has 0 aliphatic carbocycles. The number of hydrogen-bond acceptors (Lipinski definition) is 4. The Balaban J connectivity index is 2.21. The number of nitrogens with one attached hydrogen (secondary N) is 1. The van der Waals surface area contributed by atoms with Crippen molar-refractivity contribution in [3.05, 3.63) is 51.8 Å². The first-order chi connectivity index (χ1) is 9.51. The molecule has 2 heterocycles. The lowest BCUT2D eigenvalue weighted by Crippen LogP contribution is -2.30. The van der Waals surface area contributed by atoms with Crippen LogP contribution in [-0.2, 0) is 7.05 Å². The second kappa shape index (κ2) is 5.73. The van der Waals surface area contributed by atoms with Crippen LogP contribution in [0.5, 0.6) is 0 Å². The van der Waals surface area contributed by atoms with Gasteiger partial charge in [0.05, 0.1) is 11.7 Å². The van der Waals surface area contributed by atoms with E-state index in [4.69, 9.17) is 4.42 Å². The molecule has 2 rings (SSSR count). The minimum atomic E-state index is -0.404. The maximum atomic E-state index is 12.2. The lowest BCUT2D eigenvalue weighted by Gasteiger charge is -2.16. The summed E-state index contributed by atoms with van der Waals surface area (Å²) in [6.07, 6.45) is 2.39. The molecule has 0 saturated carbocycles. The molecular formula is C14H17N3O3. The highest BCUT2D eigenvalue weighted by molar-refractivity contribution is 5.91. The van der Waals surface area contributed by atoms with Crippen molar-refractivity contribution in [2.45, 2.75) is 26.3 Å². The van der Waals surface area contributed by atoms with Gasteiger partial charge in [0.2, 0.25) is 0 Å². The topological polar surface area (TPSA) is 77.1 Å². The monoisotopic (exact) mass is 275 g/mol. The maximum absolute atomic E-state index is 12.2. The van der Waals surface area contributed by atoms with E-state index in [1.54, 1.807) is 17.8 Å². The molecule has 1 N–H and O–H groups in total. The fourth-order valence-corrected chi connectivity index (χ4v) is 2.06. The highest BCUT2D eigenvalue weighted by Crippen LogP contribution is 2.16. The summed E-state index contributed by atoms with van der Waals surface area (Å²) in [6.45, 7) is 3.60. The summed E-state index contributed by atoms with van der Waals surface area (Å²) >= 11 is 0. The van der Waals surface area contributed by atoms with Gasteiger partial charge >= 0.3 is 0 Å². The zero-order valence-electron chi connectivity index (χ0n) is 11.7. The first-order valence-electron chi connectivity index (χ1n) is 6.41. The molecule has 0 spiro atoms. The number of aryl methyl sites for hydroxylation is 2. The minimum absolute atomic E-state index is 0.0237. The Kier molecular flexibility index (Phi) is 4.02. The van der Waals surface area contributed by atoms with E-state index in [-0.39, 0.29) is 17.2 Å². The van der Waals surface area contributed by atoms with Gasteiger partial charge in [-0.15, -0.1) is 0 Å². The highest BCUT2D eigenvalue weighted by atomic mass is 16.3. The van der Waals surface area contributed by atoms with Crippen molar-refractivity contribution < 1.29 is 9.21 Å². The fourth-order valence-electron chi connectivity index (χ4n) is 2.06. The van der Waals surface area contributed by atoms with E-state index in [0.717, 1.165) is 5.69 Å². The SMILES string of the molecule is CCC(NC(=O)c1cc(=O)cc(C)o1)c1ccnn1C. The Labute approximate surface area is 116 Å². The highest BCUT2D eigenvalue weighted by Gasteiger charge is 2.18. The smallest absolute Gasteiger partial charge is 0.287 e. The predicted octanol–water partition coefficient (Wildman–Crippen LogP) is 1.56. The average Bonchev–Trinajstić information content (AvgIpc) is 2.80. The van der Waals surface area contributed by atoms with E-state index in [1.807, 2.05) is 20.0 Å². The Morgan fingerprint density at radius 3 is 2.80 bits per heavy atom. The van der Waals surface area contributed by atoms with Crippen molar-refractivity contribution >= 4 is 5.91 Å². The van der Waals surface area contributed by atoms with E-state index >= 15 is 0 Å². The second-order valence-corrected chi connectivity index (χ2v) is 4.58. The summed E-state index contributed by atoms with van der Waals surface area (Å²) in [5, 5.41) is 6.93. The summed E-state index contributed by atoms with van der Waals surface area (Å²) in [5.41, 5.74) is 0.656. The number of rotatable bonds is 4. The largest absolute Gasteiger partial charge is 0.456 e. The number of aromatic nitrogens is 2. The third-order valence-corrected chi connectivity index (χ3v) is 3.04. The van der Waals surface area contributed by atoms with E-state index in [0.29, 0.717) is 12.2 Å². The van der Waals surface area contributed by atoms with Gasteiger partial charge in [0, 0.05) is 25.4 Å². The van der Waals surface area contributed by atoms with Crippen LogP contribution in [0.2, 0.25) is 0 Å². The van der Waals surface area contributed by atoms with Crippen LogP contribution in [0.3, 0.4) is 0 Å². The number of hydrogen-bond donors (Lipinski definition) is 1. The zero-order chi connectivity index (χ0) is 14.7. The predicted molar refractivity (Wildman–Crippen MR) is 73.4 cm³/mol. The molecular weight excluding hydrogens is 258 g/mol. The van der Waals surface area contributed by atoms with Crippen LogP contribution in [0.1, 0.15) is 41.4 Å². The fraction of sp³-hybridized carbons (Fsp3) is 0.357. The molecule has 6 nitrogen and oxygen atoms in total. The van der Waals surface area contributed by atoms with E-state index in [9.17, 15) is 9.59 Å². The van der Waals surface area contributed by atoms with Crippen molar-refractivity contribution in [2.75, 3.05) is 0 Å². The standard InChI is InChI=1S/C14H17N3O3/c1-4-11(12-5-6-15-17(12)3)16-14(19)13-8-10(18)7-9(2)20-13/h5-8,11H,4H2,1-3H3,(H,16,19). The first kappa shape index (κ1) is 14.0. The maximum Gasteiger partial charge on any atom is 0.287 e. The molecule has 106 valence electrons. The average molecular weight is 275 g/mol. The Morgan fingerprint density at radius 2 is 2.25 bits per heavy atom. The molecule has 1 unspecified atom stereocenters. The molecule has 2 aromatic rings. The Hall–Kier alpha value is -2.37. The van der Waals surface area contributed by atoms with Crippen molar-refractivity contribution in [3.63, 3.8) is 0 Å².